The van der Waals surface area contributed by atoms with Crippen LogP contribution in [0.4, 0.5) is 5.82 Å². The van der Waals surface area contributed by atoms with E-state index < -0.39 is 5.60 Å². The number of amides is 1. The average molecular weight is 268 g/mol. The molecule has 3 N–H and O–H groups in total. The van der Waals surface area contributed by atoms with E-state index in [1.54, 1.807) is 11.9 Å². The van der Waals surface area contributed by atoms with Gasteiger partial charge in [0.25, 0.3) is 5.91 Å². The molecule has 2 heterocycles. The number of aliphatic hydroxyl groups excluding tert-OH is 1. The molecule has 1 aromatic heterocycles. The van der Waals surface area contributed by atoms with Crippen molar-refractivity contribution >= 4 is 11.7 Å². The maximum absolute atomic E-state index is 12.4. The molecule has 1 fully saturated rings. The quantitative estimate of drug-likeness (QED) is 0.762. The van der Waals surface area contributed by atoms with Crippen molar-refractivity contribution in [3.8, 4) is 0 Å². The van der Waals surface area contributed by atoms with Crippen molar-refractivity contribution in [2.24, 2.45) is 7.05 Å². The van der Waals surface area contributed by atoms with Crippen molar-refractivity contribution in [1.82, 2.24) is 14.7 Å². The average Bonchev–Trinajstić information content (AvgIpc) is 2.67. The zero-order chi connectivity index (χ0) is 14.2. The van der Waals surface area contributed by atoms with Crippen LogP contribution in [-0.4, -0.2) is 57.1 Å². The molecule has 1 aliphatic rings. The van der Waals surface area contributed by atoms with Gasteiger partial charge in [0.2, 0.25) is 0 Å². The number of morpholine rings is 1. The predicted octanol–water partition coefficient (Wildman–Crippen LogP) is -0.386. The summed E-state index contributed by atoms with van der Waals surface area (Å²) < 4.78 is 7.14. The molecule has 19 heavy (non-hydrogen) atoms. The molecule has 106 valence electrons. The normalized spacial score (nSPS) is 22.5. The number of hydrogen-bond acceptors (Lipinski definition) is 5. The summed E-state index contributed by atoms with van der Waals surface area (Å²) in [5, 5.41) is 13.2. The zero-order valence-corrected chi connectivity index (χ0v) is 11.5. The van der Waals surface area contributed by atoms with Gasteiger partial charge in [-0.05, 0) is 13.8 Å². The number of carbonyl (C=O) groups excluding carboxylic acids is 1. The fourth-order valence-corrected chi connectivity index (χ4v) is 2.33. The van der Waals surface area contributed by atoms with Crippen LogP contribution in [0.25, 0.3) is 0 Å². The summed E-state index contributed by atoms with van der Waals surface area (Å²) in [5.74, 6) is 0.162. The smallest absolute Gasteiger partial charge is 0.259 e. The molecule has 0 saturated carbocycles. The molecule has 1 amide bonds. The first-order valence-corrected chi connectivity index (χ1v) is 6.19. The number of nitrogen functional groups attached to an aromatic ring is 1. The van der Waals surface area contributed by atoms with Gasteiger partial charge in [-0.25, -0.2) is 0 Å². The molecule has 1 aromatic rings. The second-order valence-corrected chi connectivity index (χ2v) is 5.43. The Labute approximate surface area is 111 Å². The second-order valence-electron chi connectivity index (χ2n) is 5.43. The van der Waals surface area contributed by atoms with E-state index in [4.69, 9.17) is 10.5 Å². The minimum atomic E-state index is -0.488. The SMILES string of the molecule is Cn1ncc(C(=O)N2CC(CO)OC(C)(C)C2)c1N. The van der Waals surface area contributed by atoms with Crippen LogP contribution in [0.5, 0.6) is 0 Å². The Morgan fingerprint density at radius 2 is 2.37 bits per heavy atom. The van der Waals surface area contributed by atoms with Crippen molar-refractivity contribution in [3.05, 3.63) is 11.8 Å². The molecule has 1 atom stereocenters. The zero-order valence-electron chi connectivity index (χ0n) is 11.5. The minimum Gasteiger partial charge on any atom is -0.394 e. The number of aromatic nitrogens is 2. The Kier molecular flexibility index (Phi) is 3.51. The van der Waals surface area contributed by atoms with Gasteiger partial charge in [0, 0.05) is 20.1 Å². The van der Waals surface area contributed by atoms with E-state index in [-0.39, 0.29) is 18.6 Å². The monoisotopic (exact) mass is 268 g/mol. The van der Waals surface area contributed by atoms with Gasteiger partial charge in [-0.1, -0.05) is 0 Å². The number of nitrogens with zero attached hydrogens (tertiary/aromatic N) is 3. The van der Waals surface area contributed by atoms with Crippen LogP contribution >= 0.6 is 0 Å². The number of ether oxygens (including phenoxy) is 1. The van der Waals surface area contributed by atoms with Gasteiger partial charge in [0.15, 0.2) is 0 Å². The van der Waals surface area contributed by atoms with Crippen molar-refractivity contribution in [2.75, 3.05) is 25.4 Å². The first-order chi connectivity index (χ1) is 8.84. The third-order valence-electron chi connectivity index (χ3n) is 3.19. The van der Waals surface area contributed by atoms with Crippen molar-refractivity contribution in [1.29, 1.82) is 0 Å². The lowest BCUT2D eigenvalue weighted by atomic mass is 10.0. The van der Waals surface area contributed by atoms with Gasteiger partial charge < -0.3 is 20.5 Å². The summed E-state index contributed by atoms with van der Waals surface area (Å²) in [4.78, 5) is 14.1. The van der Waals surface area contributed by atoms with Crippen LogP contribution in [0.1, 0.15) is 24.2 Å². The molecule has 1 saturated heterocycles. The van der Waals surface area contributed by atoms with Crippen LogP contribution in [0, 0.1) is 0 Å². The maximum atomic E-state index is 12.4. The molecule has 2 rings (SSSR count). The Hall–Kier alpha value is -1.60. The largest absolute Gasteiger partial charge is 0.394 e. The van der Waals surface area contributed by atoms with Gasteiger partial charge >= 0.3 is 0 Å². The van der Waals surface area contributed by atoms with Gasteiger partial charge in [0.05, 0.1) is 24.5 Å². The van der Waals surface area contributed by atoms with Gasteiger partial charge in [-0.3, -0.25) is 9.48 Å². The standard InChI is InChI=1S/C12H20N4O3/c1-12(2)7-16(5-8(6-17)19-12)11(18)9-4-14-15(3)10(9)13/h4,8,17H,5-7,13H2,1-3H3. The van der Waals surface area contributed by atoms with E-state index >= 15 is 0 Å². The van der Waals surface area contributed by atoms with Gasteiger partial charge in [0.1, 0.15) is 11.4 Å². The number of hydrogen-bond donors (Lipinski definition) is 2. The summed E-state index contributed by atoms with van der Waals surface area (Å²) in [6.07, 6.45) is 1.10. The molecule has 1 aliphatic heterocycles. The molecular formula is C12H20N4O3. The third kappa shape index (κ3) is 2.71. The number of rotatable bonds is 2. The van der Waals surface area contributed by atoms with Gasteiger partial charge in [-0.15, -0.1) is 0 Å². The Bertz CT molecular complexity index is 483. The van der Waals surface area contributed by atoms with Crippen molar-refractivity contribution < 1.29 is 14.6 Å². The summed E-state index contributed by atoms with van der Waals surface area (Å²) in [7, 11) is 1.69. The lowest BCUT2D eigenvalue weighted by Gasteiger charge is -2.42. The second kappa shape index (κ2) is 4.82. The summed E-state index contributed by atoms with van der Waals surface area (Å²) >= 11 is 0. The molecule has 1 unspecified atom stereocenters. The summed E-state index contributed by atoms with van der Waals surface area (Å²) in [6.45, 7) is 4.48. The summed E-state index contributed by atoms with van der Waals surface area (Å²) in [5.41, 5.74) is 5.72. The van der Waals surface area contributed by atoms with E-state index in [9.17, 15) is 9.90 Å². The number of carbonyl (C=O) groups is 1. The minimum absolute atomic E-state index is 0.115. The van der Waals surface area contributed by atoms with Crippen LogP contribution in [0.2, 0.25) is 0 Å². The van der Waals surface area contributed by atoms with E-state index in [0.29, 0.717) is 24.5 Å². The van der Waals surface area contributed by atoms with Gasteiger partial charge in [-0.2, -0.15) is 5.10 Å². The molecule has 0 spiro atoms. The van der Waals surface area contributed by atoms with E-state index in [0.717, 1.165) is 0 Å². The van der Waals surface area contributed by atoms with E-state index in [2.05, 4.69) is 5.10 Å². The highest BCUT2D eigenvalue weighted by Crippen LogP contribution is 2.23. The van der Waals surface area contributed by atoms with Crippen LogP contribution < -0.4 is 5.73 Å². The molecule has 0 aliphatic carbocycles. The fraction of sp³-hybridized carbons (Fsp3) is 0.667. The first kappa shape index (κ1) is 13.8. The molecule has 0 radical (unpaired) electrons. The van der Waals surface area contributed by atoms with Crippen molar-refractivity contribution in [3.63, 3.8) is 0 Å². The Morgan fingerprint density at radius 1 is 1.68 bits per heavy atom. The highest BCUT2D eigenvalue weighted by Gasteiger charge is 2.36. The number of aliphatic hydroxyl groups is 1. The molecule has 0 aromatic carbocycles. The third-order valence-corrected chi connectivity index (χ3v) is 3.19. The molecular weight excluding hydrogens is 248 g/mol. The Balaban J connectivity index is 2.21. The fourth-order valence-electron chi connectivity index (χ4n) is 2.33. The topological polar surface area (TPSA) is 93.6 Å². The lowest BCUT2D eigenvalue weighted by Crippen LogP contribution is -2.55. The van der Waals surface area contributed by atoms with E-state index in [1.165, 1.54) is 10.9 Å². The molecule has 7 nitrogen and oxygen atoms in total. The highest BCUT2D eigenvalue weighted by atomic mass is 16.5. The maximum Gasteiger partial charge on any atom is 0.259 e. The number of aryl methyl sites for hydroxylation is 1. The molecule has 7 heteroatoms. The van der Waals surface area contributed by atoms with Crippen LogP contribution in [-0.2, 0) is 11.8 Å². The first-order valence-electron chi connectivity index (χ1n) is 6.19. The number of anilines is 1. The summed E-state index contributed by atoms with van der Waals surface area (Å²) in [6, 6.07) is 0. The molecule has 0 bridgehead atoms. The highest BCUT2D eigenvalue weighted by molar-refractivity contribution is 5.98. The Morgan fingerprint density at radius 3 is 2.89 bits per heavy atom. The van der Waals surface area contributed by atoms with Crippen LogP contribution in [0.3, 0.4) is 0 Å². The van der Waals surface area contributed by atoms with Crippen LogP contribution in [0.15, 0.2) is 6.20 Å². The number of nitrogens with two attached hydrogens (primary N) is 1. The lowest BCUT2D eigenvalue weighted by molar-refractivity contribution is -0.139. The van der Waals surface area contributed by atoms with Crippen molar-refractivity contribution in [2.45, 2.75) is 25.6 Å². The van der Waals surface area contributed by atoms with E-state index in [1.807, 2.05) is 13.8 Å². The predicted molar refractivity (Wildman–Crippen MR) is 69.6 cm³/mol.